The molecule has 5 rings (SSSR count). The Morgan fingerprint density at radius 2 is 1.59 bits per heavy atom. The lowest BCUT2D eigenvalue weighted by molar-refractivity contribution is -0.152. The van der Waals surface area contributed by atoms with Gasteiger partial charge in [0.2, 0.25) is 0 Å². The van der Waals surface area contributed by atoms with Gasteiger partial charge in [-0.05, 0) is 125 Å². The van der Waals surface area contributed by atoms with Crippen molar-refractivity contribution in [2.45, 2.75) is 90.3 Å². The summed E-state index contributed by atoms with van der Waals surface area (Å²) in [5, 5.41) is 14.7. The van der Waals surface area contributed by atoms with E-state index in [4.69, 9.17) is 0 Å². The van der Waals surface area contributed by atoms with Crippen LogP contribution >= 0.6 is 0 Å². The van der Waals surface area contributed by atoms with E-state index in [0.717, 1.165) is 42.9 Å². The molecule has 2 N–H and O–H groups in total. The molecule has 0 radical (unpaired) electrons. The number of nitrogens with zero attached hydrogens (tertiary/aromatic N) is 1. The van der Waals surface area contributed by atoms with Crippen LogP contribution in [-0.4, -0.2) is 48.2 Å². The van der Waals surface area contributed by atoms with Crippen LogP contribution in [0.15, 0.2) is 30.3 Å². The van der Waals surface area contributed by atoms with Gasteiger partial charge in [-0.25, -0.2) is 0 Å². The number of benzene rings is 1. The van der Waals surface area contributed by atoms with E-state index < -0.39 is 6.10 Å². The van der Waals surface area contributed by atoms with Crippen LogP contribution in [0.4, 0.5) is 0 Å². The molecule has 0 saturated heterocycles. The first-order chi connectivity index (χ1) is 16.2. The Bertz CT molecular complexity index is 887. The Hall–Kier alpha value is -1.39. The second-order valence-corrected chi connectivity index (χ2v) is 13.0. The number of hydrogen-bond acceptors (Lipinski definition) is 3. The lowest BCUT2D eigenvalue weighted by Crippen LogP contribution is -2.61. The number of nitrogens with one attached hydrogen (secondary N) is 1. The van der Waals surface area contributed by atoms with Crippen LogP contribution in [0, 0.1) is 40.4 Å². The molecule has 0 aliphatic heterocycles. The molecule has 1 aromatic carbocycles. The molecule has 0 heterocycles. The molecule has 1 amide bonds. The minimum atomic E-state index is -0.439. The molecule has 4 fully saturated rings. The highest BCUT2D eigenvalue weighted by Crippen LogP contribution is 2.67. The maximum atomic E-state index is 12.8. The standard InChI is InChI=1S/C30H46N2O2/c1-19(32(4)5)22-13-14-23-21-11-12-25-27(33)26(31-28(34)20-9-7-6-8-10-20)16-18-30(25,3)24(21)15-17-29(22,23)2/h6-10,19,21-27,33H,11-18H2,1-5H3,(H,31,34). The number of carbonyl (C=O) groups is 1. The number of aliphatic hydroxyl groups is 1. The van der Waals surface area contributed by atoms with E-state index in [2.05, 4.69) is 45.1 Å². The molecule has 0 bridgehead atoms. The second kappa shape index (κ2) is 8.92. The van der Waals surface area contributed by atoms with E-state index in [1.54, 1.807) is 0 Å². The summed E-state index contributed by atoms with van der Waals surface area (Å²) >= 11 is 0. The molecule has 34 heavy (non-hydrogen) atoms. The van der Waals surface area contributed by atoms with Crippen molar-refractivity contribution in [2.75, 3.05) is 14.1 Å². The van der Waals surface area contributed by atoms with Gasteiger partial charge < -0.3 is 15.3 Å². The van der Waals surface area contributed by atoms with Crippen molar-refractivity contribution in [2.24, 2.45) is 40.4 Å². The fourth-order valence-corrected chi connectivity index (χ4v) is 9.53. The maximum absolute atomic E-state index is 12.8. The van der Waals surface area contributed by atoms with Crippen molar-refractivity contribution in [3.05, 3.63) is 35.9 Å². The number of aliphatic hydroxyl groups excluding tert-OH is 1. The maximum Gasteiger partial charge on any atom is 0.251 e. The molecule has 0 spiro atoms. The van der Waals surface area contributed by atoms with Crippen molar-refractivity contribution in [1.82, 2.24) is 10.2 Å². The summed E-state index contributed by atoms with van der Waals surface area (Å²) < 4.78 is 0. The molecule has 4 aliphatic rings. The minimum Gasteiger partial charge on any atom is -0.391 e. The molecule has 4 nitrogen and oxygen atoms in total. The van der Waals surface area contributed by atoms with Gasteiger partial charge in [-0.2, -0.15) is 0 Å². The monoisotopic (exact) mass is 466 g/mol. The predicted molar refractivity (Wildman–Crippen MR) is 137 cm³/mol. The van der Waals surface area contributed by atoms with E-state index in [0.29, 0.717) is 22.9 Å². The number of rotatable bonds is 4. The predicted octanol–water partition coefficient (Wildman–Crippen LogP) is 5.36. The molecule has 4 saturated carbocycles. The molecule has 4 aliphatic carbocycles. The third-order valence-corrected chi connectivity index (χ3v) is 11.6. The zero-order valence-corrected chi connectivity index (χ0v) is 22.0. The molecular weight excluding hydrogens is 420 g/mol. The van der Waals surface area contributed by atoms with Crippen molar-refractivity contribution in [3.8, 4) is 0 Å². The van der Waals surface area contributed by atoms with Crippen LogP contribution in [0.2, 0.25) is 0 Å². The highest BCUT2D eigenvalue weighted by Gasteiger charge is 2.62. The highest BCUT2D eigenvalue weighted by atomic mass is 16.3. The molecule has 4 heteroatoms. The fraction of sp³-hybridized carbons (Fsp3) is 0.767. The molecule has 1 aromatic rings. The Labute approximate surface area is 206 Å². The summed E-state index contributed by atoms with van der Waals surface area (Å²) in [6, 6.07) is 9.94. The number of fused-ring (bicyclic) bond motifs is 5. The van der Waals surface area contributed by atoms with Gasteiger partial charge in [0.15, 0.2) is 0 Å². The molecular formula is C30H46N2O2. The zero-order chi connectivity index (χ0) is 24.3. The number of amides is 1. The summed E-state index contributed by atoms with van der Waals surface area (Å²) in [5.74, 6) is 3.41. The summed E-state index contributed by atoms with van der Waals surface area (Å²) in [6.45, 7) is 7.54. The Kier molecular flexibility index (Phi) is 6.38. The average molecular weight is 467 g/mol. The first-order valence-corrected chi connectivity index (χ1v) is 13.9. The second-order valence-electron chi connectivity index (χ2n) is 13.0. The van der Waals surface area contributed by atoms with Gasteiger partial charge in [-0.15, -0.1) is 0 Å². The van der Waals surface area contributed by atoms with E-state index in [-0.39, 0.29) is 17.4 Å². The molecule has 188 valence electrons. The molecule has 10 atom stereocenters. The van der Waals surface area contributed by atoms with Crippen molar-refractivity contribution >= 4 is 5.91 Å². The van der Waals surface area contributed by atoms with Gasteiger partial charge in [-0.3, -0.25) is 4.79 Å². The third-order valence-electron chi connectivity index (χ3n) is 11.6. The largest absolute Gasteiger partial charge is 0.391 e. The average Bonchev–Trinajstić information content (AvgIpc) is 3.18. The first kappa shape index (κ1) is 24.3. The summed E-state index contributed by atoms with van der Waals surface area (Å²) in [7, 11) is 4.49. The molecule has 10 unspecified atom stereocenters. The van der Waals surface area contributed by atoms with Gasteiger partial charge in [0.25, 0.3) is 5.91 Å². The smallest absolute Gasteiger partial charge is 0.251 e. The summed E-state index contributed by atoms with van der Waals surface area (Å²) in [6.07, 6.45) is 9.35. The lowest BCUT2D eigenvalue weighted by Gasteiger charge is -2.62. The van der Waals surface area contributed by atoms with E-state index >= 15 is 0 Å². The van der Waals surface area contributed by atoms with Gasteiger partial charge in [0.1, 0.15) is 0 Å². The Morgan fingerprint density at radius 1 is 0.941 bits per heavy atom. The van der Waals surface area contributed by atoms with Gasteiger partial charge >= 0.3 is 0 Å². The van der Waals surface area contributed by atoms with E-state index in [1.807, 2.05) is 30.3 Å². The van der Waals surface area contributed by atoms with E-state index in [9.17, 15) is 9.90 Å². The van der Waals surface area contributed by atoms with Crippen LogP contribution in [0.5, 0.6) is 0 Å². The van der Waals surface area contributed by atoms with Gasteiger partial charge in [0.05, 0.1) is 12.1 Å². The van der Waals surface area contributed by atoms with Gasteiger partial charge in [-0.1, -0.05) is 32.0 Å². The van der Waals surface area contributed by atoms with Crippen LogP contribution < -0.4 is 5.32 Å². The van der Waals surface area contributed by atoms with E-state index in [1.165, 1.54) is 32.1 Å². The molecule has 0 aromatic heterocycles. The lowest BCUT2D eigenvalue weighted by atomic mass is 9.44. The zero-order valence-electron chi connectivity index (χ0n) is 22.0. The topological polar surface area (TPSA) is 52.6 Å². The van der Waals surface area contributed by atoms with Crippen LogP contribution in [0.3, 0.4) is 0 Å². The summed E-state index contributed by atoms with van der Waals surface area (Å²) in [5.41, 5.74) is 1.34. The Morgan fingerprint density at radius 3 is 2.29 bits per heavy atom. The quantitative estimate of drug-likeness (QED) is 0.628. The first-order valence-electron chi connectivity index (χ1n) is 13.9. The van der Waals surface area contributed by atoms with Gasteiger partial charge in [0, 0.05) is 11.6 Å². The normalized spacial score (nSPS) is 44.6. The minimum absolute atomic E-state index is 0.0534. The van der Waals surface area contributed by atoms with Crippen molar-refractivity contribution < 1.29 is 9.90 Å². The SMILES string of the molecule is CC(C1CCC2C3CCC4C(O)C(NC(=O)c5ccccc5)CCC4(C)C3CCC21C)N(C)C. The third kappa shape index (κ3) is 3.75. The van der Waals surface area contributed by atoms with Crippen LogP contribution in [-0.2, 0) is 0 Å². The van der Waals surface area contributed by atoms with Crippen molar-refractivity contribution in [1.29, 1.82) is 0 Å². The number of hydrogen-bond donors (Lipinski definition) is 2. The van der Waals surface area contributed by atoms with Crippen molar-refractivity contribution in [3.63, 3.8) is 0 Å². The highest BCUT2D eigenvalue weighted by molar-refractivity contribution is 5.94. The summed E-state index contributed by atoms with van der Waals surface area (Å²) in [4.78, 5) is 15.2. The van der Waals surface area contributed by atoms with Crippen LogP contribution in [0.25, 0.3) is 0 Å². The Balaban J connectivity index is 1.31. The number of carbonyl (C=O) groups excluding carboxylic acids is 1. The van der Waals surface area contributed by atoms with Crippen LogP contribution in [0.1, 0.15) is 82.5 Å². The fourth-order valence-electron chi connectivity index (χ4n) is 9.53.